The van der Waals surface area contributed by atoms with Crippen LogP contribution in [0.2, 0.25) is 0 Å². The fourth-order valence-electron chi connectivity index (χ4n) is 2.38. The lowest BCUT2D eigenvalue weighted by molar-refractivity contribution is 0.0617. The Labute approximate surface area is 106 Å². The molecule has 1 fully saturated rings. The van der Waals surface area contributed by atoms with Crippen molar-refractivity contribution in [2.45, 2.75) is 39.2 Å². The van der Waals surface area contributed by atoms with E-state index in [4.69, 9.17) is 5.73 Å². The average Bonchev–Trinajstić information content (AvgIpc) is 2.67. The lowest BCUT2D eigenvalue weighted by atomic mass is 10.0. The van der Waals surface area contributed by atoms with Crippen LogP contribution >= 0.6 is 11.3 Å². The topological polar surface area (TPSA) is 59.2 Å². The van der Waals surface area contributed by atoms with Gasteiger partial charge >= 0.3 is 0 Å². The molecule has 2 rings (SSSR count). The van der Waals surface area contributed by atoms with E-state index in [2.05, 4.69) is 4.98 Å². The second kappa shape index (κ2) is 5.14. The highest BCUT2D eigenvalue weighted by Gasteiger charge is 2.28. The molecule has 5 heteroatoms. The average molecular weight is 253 g/mol. The molecule has 0 saturated carbocycles. The smallest absolute Gasteiger partial charge is 0.273 e. The minimum atomic E-state index is 0.0574. The third kappa shape index (κ3) is 2.50. The molecule has 1 aliphatic rings. The maximum Gasteiger partial charge on any atom is 0.273 e. The summed E-state index contributed by atoms with van der Waals surface area (Å²) in [6.45, 7) is 5.26. The fourth-order valence-corrected chi connectivity index (χ4v) is 3.19. The first-order valence-electron chi connectivity index (χ1n) is 6.08. The molecule has 2 heterocycles. The Balaban J connectivity index is 2.21. The molecule has 1 aliphatic heterocycles. The van der Waals surface area contributed by atoms with Gasteiger partial charge in [0.05, 0.1) is 5.01 Å². The van der Waals surface area contributed by atoms with E-state index in [1.54, 1.807) is 11.3 Å². The number of carbonyl (C=O) groups excluding carboxylic acids is 1. The van der Waals surface area contributed by atoms with E-state index < -0.39 is 0 Å². The zero-order chi connectivity index (χ0) is 12.4. The first-order valence-corrected chi connectivity index (χ1v) is 6.90. The number of nitrogens with zero attached hydrogens (tertiary/aromatic N) is 2. The van der Waals surface area contributed by atoms with Crippen molar-refractivity contribution in [2.24, 2.45) is 5.73 Å². The molecule has 1 aromatic heterocycles. The minimum absolute atomic E-state index is 0.0574. The van der Waals surface area contributed by atoms with Crippen molar-refractivity contribution in [3.8, 4) is 0 Å². The molecular weight excluding hydrogens is 234 g/mol. The summed E-state index contributed by atoms with van der Waals surface area (Å²) in [7, 11) is 0. The number of aryl methyl sites for hydroxylation is 2. The van der Waals surface area contributed by atoms with Gasteiger partial charge in [0.15, 0.2) is 0 Å². The van der Waals surface area contributed by atoms with Gasteiger partial charge in [0.1, 0.15) is 5.69 Å². The second-order valence-corrected chi connectivity index (χ2v) is 5.93. The molecule has 0 spiro atoms. The zero-order valence-corrected chi connectivity index (χ0v) is 11.2. The quantitative estimate of drug-likeness (QED) is 0.873. The first kappa shape index (κ1) is 12.5. The van der Waals surface area contributed by atoms with Gasteiger partial charge in [-0.1, -0.05) is 0 Å². The van der Waals surface area contributed by atoms with Crippen LogP contribution in [0.4, 0.5) is 0 Å². The number of carbonyl (C=O) groups is 1. The van der Waals surface area contributed by atoms with Crippen molar-refractivity contribution in [3.05, 3.63) is 15.6 Å². The predicted octanol–water partition coefficient (Wildman–Crippen LogP) is 1.71. The molecule has 1 unspecified atom stereocenters. The second-order valence-electron chi connectivity index (χ2n) is 4.52. The van der Waals surface area contributed by atoms with Gasteiger partial charge in [0, 0.05) is 24.0 Å². The highest BCUT2D eigenvalue weighted by atomic mass is 32.1. The standard InChI is InChI=1S/C12H19N3OS/c1-8-11(14-9(2)17-8)12(16)15-6-4-3-5-10(15)7-13/h10H,3-7,13H2,1-2H3. The van der Waals surface area contributed by atoms with Crippen molar-refractivity contribution in [1.82, 2.24) is 9.88 Å². The highest BCUT2D eigenvalue weighted by molar-refractivity contribution is 7.11. The van der Waals surface area contributed by atoms with E-state index in [-0.39, 0.29) is 11.9 Å². The molecule has 0 radical (unpaired) electrons. The molecular formula is C12H19N3OS. The number of thiazole rings is 1. The SMILES string of the molecule is Cc1nc(C(=O)N2CCCCC2CN)c(C)s1. The van der Waals surface area contributed by atoms with Crippen LogP contribution in [-0.2, 0) is 0 Å². The maximum atomic E-state index is 12.4. The molecule has 17 heavy (non-hydrogen) atoms. The Kier molecular flexibility index (Phi) is 3.79. The molecule has 1 atom stereocenters. The van der Waals surface area contributed by atoms with Crippen molar-refractivity contribution in [1.29, 1.82) is 0 Å². The van der Waals surface area contributed by atoms with Gasteiger partial charge in [0.2, 0.25) is 0 Å². The van der Waals surface area contributed by atoms with Crippen molar-refractivity contribution >= 4 is 17.2 Å². The third-order valence-electron chi connectivity index (χ3n) is 3.27. The zero-order valence-electron chi connectivity index (χ0n) is 10.4. The molecule has 0 aromatic carbocycles. The molecule has 94 valence electrons. The van der Waals surface area contributed by atoms with Gasteiger partial charge in [-0.05, 0) is 33.1 Å². The predicted molar refractivity (Wildman–Crippen MR) is 69.3 cm³/mol. The van der Waals surface area contributed by atoms with Crippen LogP contribution in [0.25, 0.3) is 0 Å². The van der Waals surface area contributed by atoms with Gasteiger partial charge in [0.25, 0.3) is 5.91 Å². The molecule has 1 saturated heterocycles. The third-order valence-corrected chi connectivity index (χ3v) is 4.15. The molecule has 4 nitrogen and oxygen atoms in total. The number of rotatable bonds is 2. The number of amides is 1. The summed E-state index contributed by atoms with van der Waals surface area (Å²) >= 11 is 1.58. The van der Waals surface area contributed by atoms with Gasteiger partial charge in [-0.3, -0.25) is 4.79 Å². The Bertz CT molecular complexity index is 416. The van der Waals surface area contributed by atoms with Gasteiger partial charge in [-0.15, -0.1) is 11.3 Å². The van der Waals surface area contributed by atoms with Crippen LogP contribution in [-0.4, -0.2) is 34.9 Å². The summed E-state index contributed by atoms with van der Waals surface area (Å²) in [5, 5.41) is 0.951. The molecule has 1 aromatic rings. The van der Waals surface area contributed by atoms with Crippen LogP contribution in [0.15, 0.2) is 0 Å². The van der Waals surface area contributed by atoms with E-state index in [0.29, 0.717) is 12.2 Å². The largest absolute Gasteiger partial charge is 0.333 e. The molecule has 1 amide bonds. The van der Waals surface area contributed by atoms with E-state index in [9.17, 15) is 4.79 Å². The summed E-state index contributed by atoms with van der Waals surface area (Å²) in [6, 6.07) is 0.192. The number of piperidine rings is 1. The summed E-state index contributed by atoms with van der Waals surface area (Å²) in [5.41, 5.74) is 6.36. The first-order chi connectivity index (χ1) is 8.13. The molecule has 0 aliphatic carbocycles. The van der Waals surface area contributed by atoms with E-state index in [0.717, 1.165) is 29.3 Å². The van der Waals surface area contributed by atoms with E-state index in [1.165, 1.54) is 6.42 Å². The minimum Gasteiger partial charge on any atom is -0.333 e. The number of hydrogen-bond acceptors (Lipinski definition) is 4. The van der Waals surface area contributed by atoms with Crippen molar-refractivity contribution in [2.75, 3.05) is 13.1 Å². The number of nitrogens with two attached hydrogens (primary N) is 1. The van der Waals surface area contributed by atoms with E-state index in [1.807, 2.05) is 18.7 Å². The molecule has 0 bridgehead atoms. The van der Waals surface area contributed by atoms with Crippen LogP contribution < -0.4 is 5.73 Å². The number of hydrogen-bond donors (Lipinski definition) is 1. The summed E-state index contributed by atoms with van der Waals surface area (Å²) in [5.74, 6) is 0.0574. The maximum absolute atomic E-state index is 12.4. The van der Waals surface area contributed by atoms with E-state index >= 15 is 0 Å². The fraction of sp³-hybridized carbons (Fsp3) is 0.667. The Morgan fingerprint density at radius 3 is 2.88 bits per heavy atom. The Hall–Kier alpha value is -0.940. The van der Waals surface area contributed by atoms with Crippen LogP contribution in [0, 0.1) is 13.8 Å². The van der Waals surface area contributed by atoms with Crippen LogP contribution in [0.5, 0.6) is 0 Å². The van der Waals surface area contributed by atoms with Gasteiger partial charge < -0.3 is 10.6 Å². The number of likely N-dealkylation sites (tertiary alicyclic amines) is 1. The monoisotopic (exact) mass is 253 g/mol. The van der Waals surface area contributed by atoms with Crippen molar-refractivity contribution in [3.63, 3.8) is 0 Å². The Morgan fingerprint density at radius 2 is 2.29 bits per heavy atom. The molecule has 2 N–H and O–H groups in total. The summed E-state index contributed by atoms with van der Waals surface area (Å²) < 4.78 is 0. The summed E-state index contributed by atoms with van der Waals surface area (Å²) in [6.07, 6.45) is 3.26. The lowest BCUT2D eigenvalue weighted by Gasteiger charge is -2.34. The highest BCUT2D eigenvalue weighted by Crippen LogP contribution is 2.22. The van der Waals surface area contributed by atoms with Gasteiger partial charge in [-0.2, -0.15) is 0 Å². The lowest BCUT2D eigenvalue weighted by Crippen LogP contribution is -2.47. The van der Waals surface area contributed by atoms with Crippen molar-refractivity contribution < 1.29 is 4.79 Å². The van der Waals surface area contributed by atoms with Gasteiger partial charge in [-0.25, -0.2) is 4.98 Å². The Morgan fingerprint density at radius 1 is 1.53 bits per heavy atom. The normalized spacial score (nSPS) is 20.6. The van der Waals surface area contributed by atoms with Crippen LogP contribution in [0.3, 0.4) is 0 Å². The van der Waals surface area contributed by atoms with Crippen LogP contribution in [0.1, 0.15) is 39.6 Å². The summed E-state index contributed by atoms with van der Waals surface area (Å²) in [4.78, 5) is 19.7. The number of aromatic nitrogens is 1.